The van der Waals surface area contributed by atoms with Crippen LogP contribution in [0.4, 0.5) is 0 Å². The average Bonchev–Trinajstić information content (AvgIpc) is 2.78. The molecular weight excluding hydrogens is 456 g/mol. The molecule has 0 heterocycles. The third-order valence-corrected chi connectivity index (χ3v) is 6.25. The Morgan fingerprint density at radius 3 is 1.65 bits per heavy atom. The van der Waals surface area contributed by atoms with Crippen LogP contribution in [0.25, 0.3) is 0 Å². The summed E-state index contributed by atoms with van der Waals surface area (Å²) in [4.78, 5) is 45.3. The number of aliphatic carboxylic acids is 2. The van der Waals surface area contributed by atoms with Crippen LogP contribution in [0.2, 0.25) is 0 Å². The minimum Gasteiger partial charge on any atom is -0.481 e. The molecule has 0 bridgehead atoms. The lowest BCUT2D eigenvalue weighted by Gasteiger charge is -2.14. The Hall–Kier alpha value is -1.77. The van der Waals surface area contributed by atoms with Gasteiger partial charge in [-0.05, 0) is 38.4 Å². The minimum absolute atomic E-state index is 0.0164. The molecule has 0 aliphatic carbocycles. The molecular formula is C25H46N2O6S. The first-order chi connectivity index (χ1) is 16.4. The maximum absolute atomic E-state index is 12.1. The van der Waals surface area contributed by atoms with E-state index in [-0.39, 0.29) is 18.2 Å². The topological polar surface area (TPSA) is 133 Å². The Labute approximate surface area is 209 Å². The van der Waals surface area contributed by atoms with E-state index in [2.05, 4.69) is 10.6 Å². The van der Waals surface area contributed by atoms with Crippen molar-refractivity contribution in [3.8, 4) is 0 Å². The van der Waals surface area contributed by atoms with Crippen LogP contribution in [0.1, 0.15) is 109 Å². The molecule has 0 radical (unpaired) electrons. The second kappa shape index (κ2) is 23.0. The number of rotatable bonds is 24. The van der Waals surface area contributed by atoms with E-state index in [1.807, 2.05) is 6.26 Å². The summed E-state index contributed by atoms with van der Waals surface area (Å²) in [5, 5.41) is 23.3. The summed E-state index contributed by atoms with van der Waals surface area (Å²) in [7, 11) is 0. The highest BCUT2D eigenvalue weighted by molar-refractivity contribution is 7.99. The molecule has 2 amide bonds. The van der Waals surface area contributed by atoms with E-state index in [9.17, 15) is 24.3 Å². The smallest absolute Gasteiger partial charge is 0.326 e. The van der Waals surface area contributed by atoms with Crippen LogP contribution in [0.3, 0.4) is 0 Å². The third-order valence-electron chi connectivity index (χ3n) is 5.69. The lowest BCUT2D eigenvalue weighted by atomic mass is 10.0. The van der Waals surface area contributed by atoms with Gasteiger partial charge in [0.05, 0.1) is 5.75 Å². The highest BCUT2D eigenvalue weighted by Gasteiger charge is 2.19. The first kappa shape index (κ1) is 32.2. The molecule has 8 nitrogen and oxygen atoms in total. The molecule has 0 aliphatic rings. The average molecular weight is 503 g/mol. The fourth-order valence-corrected chi connectivity index (χ4v) is 4.10. The number of thioether (sulfide) groups is 1. The molecule has 0 aromatic heterocycles. The maximum atomic E-state index is 12.1. The number of nitrogens with one attached hydrogen (secondary N) is 2. The van der Waals surface area contributed by atoms with E-state index < -0.39 is 18.0 Å². The Morgan fingerprint density at radius 1 is 0.676 bits per heavy atom. The van der Waals surface area contributed by atoms with E-state index in [0.29, 0.717) is 38.0 Å². The standard InChI is InChI=1S/C25H46N2O6S/c1-34-20-23(29)26-19-15-14-16-21(25(32)33)27-22(28)17-12-10-8-6-4-2-3-5-7-9-11-13-18-24(30)31/h21H,2-20H2,1H3,(H,26,29)(H,27,28)(H,30,31)(H,32,33). The lowest BCUT2D eigenvalue weighted by molar-refractivity contribution is -0.142. The molecule has 0 saturated carbocycles. The molecule has 1 atom stereocenters. The molecule has 0 spiro atoms. The number of carbonyl (C=O) groups is 4. The van der Waals surface area contributed by atoms with Crippen LogP contribution >= 0.6 is 11.8 Å². The van der Waals surface area contributed by atoms with Gasteiger partial charge in [0.15, 0.2) is 0 Å². The SMILES string of the molecule is CSCC(=O)NCCCCC(NC(=O)CCCCCCCCCCCCCCC(=O)O)C(=O)O. The van der Waals surface area contributed by atoms with Crippen molar-refractivity contribution in [2.75, 3.05) is 18.6 Å². The third kappa shape index (κ3) is 22.0. The molecule has 4 N–H and O–H groups in total. The van der Waals surface area contributed by atoms with E-state index in [0.717, 1.165) is 44.9 Å². The summed E-state index contributed by atoms with van der Waals surface area (Å²) in [5.41, 5.74) is 0. The number of hydrogen-bond donors (Lipinski definition) is 4. The largest absolute Gasteiger partial charge is 0.481 e. The van der Waals surface area contributed by atoms with Gasteiger partial charge in [-0.25, -0.2) is 4.79 Å². The van der Waals surface area contributed by atoms with Gasteiger partial charge in [-0.1, -0.05) is 64.2 Å². The molecule has 0 aromatic carbocycles. The van der Waals surface area contributed by atoms with E-state index in [1.165, 1.54) is 43.9 Å². The number of carbonyl (C=O) groups excluding carboxylic acids is 2. The maximum Gasteiger partial charge on any atom is 0.326 e. The molecule has 0 saturated heterocycles. The van der Waals surface area contributed by atoms with Crippen molar-refractivity contribution in [3.05, 3.63) is 0 Å². The van der Waals surface area contributed by atoms with Crippen LogP contribution in [0.5, 0.6) is 0 Å². The van der Waals surface area contributed by atoms with Gasteiger partial charge in [-0.3, -0.25) is 14.4 Å². The van der Waals surface area contributed by atoms with Crippen LogP contribution in [0, 0.1) is 0 Å². The van der Waals surface area contributed by atoms with E-state index in [1.54, 1.807) is 0 Å². The summed E-state index contributed by atoms with van der Waals surface area (Å²) in [5.74, 6) is -1.52. The van der Waals surface area contributed by atoms with Crippen LogP contribution < -0.4 is 10.6 Å². The fraction of sp³-hybridized carbons (Fsp3) is 0.840. The molecule has 0 aliphatic heterocycles. The number of amides is 2. The van der Waals surface area contributed by atoms with Crippen molar-refractivity contribution in [3.63, 3.8) is 0 Å². The Kier molecular flexibility index (Phi) is 21.8. The second-order valence-corrected chi connectivity index (χ2v) is 9.74. The number of unbranched alkanes of at least 4 members (excludes halogenated alkanes) is 12. The summed E-state index contributed by atoms with van der Waals surface area (Å²) in [6.45, 7) is 0.522. The van der Waals surface area contributed by atoms with E-state index >= 15 is 0 Å². The quantitative estimate of drug-likeness (QED) is 0.140. The highest BCUT2D eigenvalue weighted by Crippen LogP contribution is 2.13. The van der Waals surface area contributed by atoms with Gasteiger partial charge < -0.3 is 20.8 Å². The van der Waals surface area contributed by atoms with Crippen molar-refractivity contribution >= 4 is 35.5 Å². The summed E-state index contributed by atoms with van der Waals surface area (Å²) >= 11 is 1.46. The Bertz CT molecular complexity index is 574. The zero-order valence-corrected chi connectivity index (χ0v) is 21.8. The zero-order chi connectivity index (χ0) is 25.4. The first-order valence-electron chi connectivity index (χ1n) is 12.9. The number of carboxylic acid groups (broad SMARTS) is 2. The van der Waals surface area contributed by atoms with Gasteiger partial charge in [-0.2, -0.15) is 11.8 Å². The van der Waals surface area contributed by atoms with Gasteiger partial charge >= 0.3 is 11.9 Å². The molecule has 0 fully saturated rings. The van der Waals surface area contributed by atoms with Crippen molar-refractivity contribution in [1.82, 2.24) is 10.6 Å². The van der Waals surface area contributed by atoms with Crippen molar-refractivity contribution in [2.45, 2.75) is 115 Å². The van der Waals surface area contributed by atoms with Crippen molar-refractivity contribution in [2.24, 2.45) is 0 Å². The second-order valence-electron chi connectivity index (χ2n) is 8.87. The monoisotopic (exact) mass is 502 g/mol. The molecule has 0 rings (SSSR count). The van der Waals surface area contributed by atoms with Gasteiger partial charge in [-0.15, -0.1) is 0 Å². The predicted molar refractivity (Wildman–Crippen MR) is 137 cm³/mol. The van der Waals surface area contributed by atoms with Gasteiger partial charge in [0, 0.05) is 19.4 Å². The van der Waals surface area contributed by atoms with Gasteiger partial charge in [0.1, 0.15) is 6.04 Å². The van der Waals surface area contributed by atoms with Crippen molar-refractivity contribution < 1.29 is 29.4 Å². The summed E-state index contributed by atoms with van der Waals surface area (Å²) in [6, 6.07) is -0.869. The number of carboxylic acids is 2. The van der Waals surface area contributed by atoms with Crippen LogP contribution in [0.15, 0.2) is 0 Å². The first-order valence-corrected chi connectivity index (χ1v) is 14.3. The Balaban J connectivity index is 3.61. The van der Waals surface area contributed by atoms with Crippen molar-refractivity contribution in [1.29, 1.82) is 0 Å². The van der Waals surface area contributed by atoms with Crippen LogP contribution in [-0.2, 0) is 19.2 Å². The van der Waals surface area contributed by atoms with Crippen LogP contribution in [-0.4, -0.2) is 58.6 Å². The van der Waals surface area contributed by atoms with E-state index in [4.69, 9.17) is 5.11 Å². The van der Waals surface area contributed by atoms with Gasteiger partial charge in [0.2, 0.25) is 11.8 Å². The fourth-order valence-electron chi connectivity index (χ4n) is 3.74. The summed E-state index contributed by atoms with van der Waals surface area (Å²) in [6.07, 6.45) is 17.1. The molecule has 9 heteroatoms. The Morgan fingerprint density at radius 2 is 1.18 bits per heavy atom. The summed E-state index contributed by atoms with van der Waals surface area (Å²) < 4.78 is 0. The normalized spacial score (nSPS) is 11.7. The van der Waals surface area contributed by atoms with Gasteiger partial charge in [0.25, 0.3) is 0 Å². The highest BCUT2D eigenvalue weighted by atomic mass is 32.2. The predicted octanol–water partition coefficient (Wildman–Crippen LogP) is 4.75. The lowest BCUT2D eigenvalue weighted by Crippen LogP contribution is -2.40. The molecule has 1 unspecified atom stereocenters. The molecule has 0 aromatic rings. The minimum atomic E-state index is -1.01. The molecule has 34 heavy (non-hydrogen) atoms. The number of hydrogen-bond acceptors (Lipinski definition) is 5. The zero-order valence-electron chi connectivity index (χ0n) is 20.9. The molecule has 198 valence electrons.